The third kappa shape index (κ3) is 35.5. The van der Waals surface area contributed by atoms with Crippen LogP contribution < -0.4 is 0 Å². The molecule has 48 heavy (non-hydrogen) atoms. The van der Waals surface area contributed by atoms with Crippen molar-refractivity contribution in [2.75, 3.05) is 0 Å². The Hall–Kier alpha value is -1.82. The fourth-order valence-corrected chi connectivity index (χ4v) is 5.48. The SMILES string of the molecule is C=C(C)C(=O)O.C=C(C)C(=O)O.OC1(O)CCCCCCCCC1.OC1(O)CCCCCCCCC1.OC1(O)CCCCCCCCC1. The van der Waals surface area contributed by atoms with E-state index in [0.29, 0.717) is 38.5 Å². The van der Waals surface area contributed by atoms with Gasteiger partial charge < -0.3 is 40.9 Å². The summed E-state index contributed by atoms with van der Waals surface area (Å²) in [7, 11) is 0. The number of aliphatic hydroxyl groups is 6. The van der Waals surface area contributed by atoms with E-state index in [1.165, 1.54) is 71.6 Å². The zero-order valence-electron chi connectivity index (χ0n) is 30.4. The molecule has 0 aliphatic heterocycles. The second kappa shape index (κ2) is 29.0. The second-order valence-electron chi connectivity index (χ2n) is 14.0. The van der Waals surface area contributed by atoms with Crippen LogP contribution >= 0.6 is 0 Å². The van der Waals surface area contributed by atoms with E-state index in [1.54, 1.807) is 0 Å². The van der Waals surface area contributed by atoms with Crippen LogP contribution in [0.2, 0.25) is 0 Å². The van der Waals surface area contributed by atoms with Gasteiger partial charge >= 0.3 is 11.9 Å². The molecule has 3 aliphatic rings. The molecule has 0 aromatic heterocycles. The number of carbonyl (C=O) groups is 2. The minimum atomic E-state index is -1.36. The highest BCUT2D eigenvalue weighted by Gasteiger charge is 2.23. The van der Waals surface area contributed by atoms with Gasteiger partial charge in [0.15, 0.2) is 17.4 Å². The molecule has 0 unspecified atom stereocenters. The smallest absolute Gasteiger partial charge is 0.330 e. The summed E-state index contributed by atoms with van der Waals surface area (Å²) < 4.78 is 0. The van der Waals surface area contributed by atoms with E-state index in [1.807, 2.05) is 0 Å². The highest BCUT2D eigenvalue weighted by Crippen LogP contribution is 2.24. The minimum absolute atomic E-state index is 0.176. The second-order valence-corrected chi connectivity index (χ2v) is 14.0. The quantitative estimate of drug-likeness (QED) is 0.104. The van der Waals surface area contributed by atoms with Crippen molar-refractivity contribution in [3.8, 4) is 0 Å². The Balaban J connectivity index is 0. The summed E-state index contributed by atoms with van der Waals surface area (Å²) in [5.74, 6) is -5.96. The molecule has 3 aliphatic carbocycles. The van der Waals surface area contributed by atoms with Gasteiger partial charge in [-0.05, 0) is 52.4 Å². The standard InChI is InChI=1S/3C10H20O2.2C4H6O2/c3*11-10(12)8-6-4-2-1-3-5-7-9-10;2*1-3(2)4(5)6/h3*11-12H,1-9H2;2*1H2,2H3,(H,5,6). The molecule has 3 saturated carbocycles. The molecule has 3 rings (SSSR count). The first-order chi connectivity index (χ1) is 22.4. The highest BCUT2D eigenvalue weighted by molar-refractivity contribution is 5.85. The minimum Gasteiger partial charge on any atom is -0.478 e. The first-order valence-corrected chi connectivity index (χ1v) is 18.5. The maximum atomic E-state index is 9.60. The van der Waals surface area contributed by atoms with Gasteiger partial charge in [-0.2, -0.15) is 0 Å². The topological polar surface area (TPSA) is 196 Å². The molecular weight excluding hydrogens is 616 g/mol. The van der Waals surface area contributed by atoms with E-state index in [9.17, 15) is 40.2 Å². The predicted octanol–water partition coefficient (Wildman–Crippen LogP) is 7.87. The van der Waals surface area contributed by atoms with Gasteiger partial charge in [0.05, 0.1) is 0 Å². The van der Waals surface area contributed by atoms with Gasteiger partial charge in [-0.1, -0.05) is 109 Å². The van der Waals surface area contributed by atoms with Crippen LogP contribution in [0.25, 0.3) is 0 Å². The third-order valence-electron chi connectivity index (χ3n) is 8.69. The number of carboxylic acid groups (broad SMARTS) is 2. The van der Waals surface area contributed by atoms with Crippen molar-refractivity contribution in [2.24, 2.45) is 0 Å². The normalized spacial score (nSPS) is 21.8. The van der Waals surface area contributed by atoms with Crippen LogP contribution in [0.1, 0.15) is 187 Å². The van der Waals surface area contributed by atoms with Crippen molar-refractivity contribution in [1.82, 2.24) is 0 Å². The fourth-order valence-electron chi connectivity index (χ4n) is 5.48. The van der Waals surface area contributed by atoms with E-state index in [0.717, 1.165) is 77.0 Å². The van der Waals surface area contributed by atoms with Crippen LogP contribution in [0, 0.1) is 0 Å². The zero-order valence-corrected chi connectivity index (χ0v) is 30.4. The van der Waals surface area contributed by atoms with Gasteiger partial charge in [-0.25, -0.2) is 9.59 Å². The summed E-state index contributed by atoms with van der Waals surface area (Å²) in [5.41, 5.74) is 0.352. The summed E-state index contributed by atoms with van der Waals surface area (Å²) in [5, 5.41) is 72.5. The maximum absolute atomic E-state index is 9.60. The molecule has 10 nitrogen and oxygen atoms in total. The summed E-state index contributed by atoms with van der Waals surface area (Å²) in [4.78, 5) is 19.2. The maximum Gasteiger partial charge on any atom is 0.330 e. The molecule has 0 saturated heterocycles. The fraction of sp³-hybridized carbons (Fsp3) is 0.842. The molecule has 10 heteroatoms. The predicted molar refractivity (Wildman–Crippen MR) is 191 cm³/mol. The van der Waals surface area contributed by atoms with Gasteiger partial charge in [0.25, 0.3) is 0 Å². The van der Waals surface area contributed by atoms with E-state index in [4.69, 9.17) is 10.2 Å². The molecular formula is C38H72O10. The molecule has 3 fully saturated rings. The summed E-state index contributed by atoms with van der Waals surface area (Å²) in [6, 6.07) is 0. The van der Waals surface area contributed by atoms with Gasteiger partial charge in [0.2, 0.25) is 0 Å². The lowest BCUT2D eigenvalue weighted by molar-refractivity contribution is -0.173. The molecule has 0 radical (unpaired) electrons. The average molecular weight is 689 g/mol. The molecule has 0 spiro atoms. The summed E-state index contributed by atoms with van der Waals surface area (Å²) in [6.45, 7) is 9.20. The van der Waals surface area contributed by atoms with Gasteiger partial charge in [0, 0.05) is 49.7 Å². The lowest BCUT2D eigenvalue weighted by Gasteiger charge is -2.22. The number of rotatable bonds is 2. The van der Waals surface area contributed by atoms with E-state index in [2.05, 4.69) is 13.2 Å². The molecule has 284 valence electrons. The van der Waals surface area contributed by atoms with Gasteiger partial charge in [-0.15, -0.1) is 0 Å². The Morgan fingerprint density at radius 3 is 0.562 bits per heavy atom. The Bertz CT molecular complexity index is 695. The lowest BCUT2D eigenvalue weighted by Crippen LogP contribution is -2.27. The monoisotopic (exact) mass is 689 g/mol. The average Bonchev–Trinajstić information content (AvgIpc) is 3.00. The lowest BCUT2D eigenvalue weighted by atomic mass is 9.97. The molecule has 0 amide bonds. The van der Waals surface area contributed by atoms with E-state index < -0.39 is 29.3 Å². The van der Waals surface area contributed by atoms with Crippen molar-refractivity contribution in [3.63, 3.8) is 0 Å². The van der Waals surface area contributed by atoms with Crippen LogP contribution in [0.15, 0.2) is 24.3 Å². The zero-order chi connectivity index (χ0) is 36.9. The molecule has 0 heterocycles. The van der Waals surface area contributed by atoms with Crippen molar-refractivity contribution in [2.45, 2.75) is 205 Å². The van der Waals surface area contributed by atoms with Gasteiger partial charge in [-0.3, -0.25) is 0 Å². The number of hydrogen-bond donors (Lipinski definition) is 8. The van der Waals surface area contributed by atoms with Crippen LogP contribution in [0.3, 0.4) is 0 Å². The number of hydrogen-bond acceptors (Lipinski definition) is 8. The third-order valence-corrected chi connectivity index (χ3v) is 8.69. The summed E-state index contributed by atoms with van der Waals surface area (Å²) in [6.07, 6.45) is 27.6. The van der Waals surface area contributed by atoms with Crippen LogP contribution in [-0.4, -0.2) is 70.2 Å². The number of carboxylic acids is 2. The van der Waals surface area contributed by atoms with E-state index in [-0.39, 0.29) is 11.1 Å². The first kappa shape index (κ1) is 48.3. The Morgan fingerprint density at radius 2 is 0.458 bits per heavy atom. The molecule has 0 bridgehead atoms. The molecule has 0 atom stereocenters. The molecule has 8 N–H and O–H groups in total. The Kier molecular flexibility index (Phi) is 29.1. The van der Waals surface area contributed by atoms with Crippen molar-refractivity contribution in [3.05, 3.63) is 24.3 Å². The van der Waals surface area contributed by atoms with Gasteiger partial charge in [0.1, 0.15) is 0 Å². The summed E-state index contributed by atoms with van der Waals surface area (Å²) >= 11 is 0. The number of aliphatic carboxylic acids is 2. The largest absolute Gasteiger partial charge is 0.478 e. The highest BCUT2D eigenvalue weighted by atomic mass is 16.5. The van der Waals surface area contributed by atoms with Crippen LogP contribution in [-0.2, 0) is 9.59 Å². The van der Waals surface area contributed by atoms with Crippen molar-refractivity contribution in [1.29, 1.82) is 0 Å². The van der Waals surface area contributed by atoms with Crippen LogP contribution in [0.5, 0.6) is 0 Å². The first-order valence-electron chi connectivity index (χ1n) is 18.5. The Morgan fingerprint density at radius 1 is 0.354 bits per heavy atom. The van der Waals surface area contributed by atoms with Crippen molar-refractivity contribution < 1.29 is 50.4 Å². The molecule has 0 aromatic rings. The Labute approximate surface area is 291 Å². The van der Waals surface area contributed by atoms with Crippen molar-refractivity contribution >= 4 is 11.9 Å². The van der Waals surface area contributed by atoms with Crippen LogP contribution in [0.4, 0.5) is 0 Å². The van der Waals surface area contributed by atoms with E-state index >= 15 is 0 Å². The molecule has 0 aromatic carbocycles.